The molecule has 2 aromatic rings. The smallest absolute Gasteiger partial charge is 0.290 e. The van der Waals surface area contributed by atoms with E-state index in [2.05, 4.69) is 0 Å². The summed E-state index contributed by atoms with van der Waals surface area (Å²) in [5.41, 5.74) is -0.00485. The topological polar surface area (TPSA) is 123 Å². The first kappa shape index (κ1) is 19.3. The van der Waals surface area contributed by atoms with E-state index in [4.69, 9.17) is 9.15 Å². The molecule has 9 heteroatoms. The van der Waals surface area contributed by atoms with Gasteiger partial charge in [-0.1, -0.05) is 12.1 Å². The number of nitro benzene ring substituents is 1. The van der Waals surface area contributed by atoms with Crippen LogP contribution in [0.15, 0.2) is 58.4 Å². The summed E-state index contributed by atoms with van der Waals surface area (Å²) < 4.78 is 10.1. The molecule has 0 bridgehead atoms. The summed E-state index contributed by atoms with van der Waals surface area (Å²) in [4.78, 5) is 37.4. The first-order valence-electron chi connectivity index (χ1n) is 8.51. The highest BCUT2D eigenvalue weighted by Crippen LogP contribution is 2.39. The van der Waals surface area contributed by atoms with Crippen molar-refractivity contribution in [2.24, 2.45) is 0 Å². The molecule has 0 saturated heterocycles. The first-order chi connectivity index (χ1) is 13.5. The maximum atomic E-state index is 12.9. The molecule has 0 fully saturated rings. The molecule has 28 heavy (non-hydrogen) atoms. The number of rotatable bonds is 8. The molecule has 1 aliphatic heterocycles. The molecule has 3 rings (SSSR count). The van der Waals surface area contributed by atoms with Gasteiger partial charge in [-0.2, -0.15) is 0 Å². The van der Waals surface area contributed by atoms with E-state index in [0.717, 1.165) is 0 Å². The number of non-ortho nitro benzene ring substituents is 1. The van der Waals surface area contributed by atoms with Crippen LogP contribution in [0.3, 0.4) is 0 Å². The molecule has 1 N–H and O–H groups in total. The third-order valence-corrected chi connectivity index (χ3v) is 4.44. The van der Waals surface area contributed by atoms with Crippen LogP contribution in [0.1, 0.15) is 28.6 Å². The molecule has 0 saturated carbocycles. The number of nitrogens with zero attached hydrogens (tertiary/aromatic N) is 2. The molecular formula is C19H18N2O7. The highest BCUT2D eigenvalue weighted by atomic mass is 16.6. The number of ether oxygens (including phenoxy) is 1. The highest BCUT2D eigenvalue weighted by Gasteiger charge is 2.44. The van der Waals surface area contributed by atoms with E-state index in [9.17, 15) is 24.8 Å². The second kappa shape index (κ2) is 8.05. The van der Waals surface area contributed by atoms with Gasteiger partial charge in [-0.3, -0.25) is 19.7 Å². The van der Waals surface area contributed by atoms with Gasteiger partial charge in [0.05, 0.1) is 22.8 Å². The van der Waals surface area contributed by atoms with Crippen molar-refractivity contribution in [2.75, 3.05) is 20.3 Å². The number of hydrogen-bond acceptors (Lipinski definition) is 7. The predicted octanol–water partition coefficient (Wildman–Crippen LogP) is 2.80. The number of benzene rings is 1. The zero-order chi connectivity index (χ0) is 20.3. The molecule has 0 aliphatic carbocycles. The van der Waals surface area contributed by atoms with Crippen LogP contribution in [0.25, 0.3) is 0 Å². The van der Waals surface area contributed by atoms with Crippen LogP contribution >= 0.6 is 0 Å². The van der Waals surface area contributed by atoms with E-state index in [0.29, 0.717) is 18.6 Å². The van der Waals surface area contributed by atoms with Gasteiger partial charge >= 0.3 is 0 Å². The van der Waals surface area contributed by atoms with Gasteiger partial charge in [0, 0.05) is 32.4 Å². The van der Waals surface area contributed by atoms with E-state index in [1.165, 1.54) is 48.6 Å². The van der Waals surface area contributed by atoms with E-state index >= 15 is 0 Å². The summed E-state index contributed by atoms with van der Waals surface area (Å²) in [6.45, 7) is 0.562. The summed E-state index contributed by atoms with van der Waals surface area (Å²) in [6, 6.07) is 7.60. The Labute approximate surface area is 160 Å². The van der Waals surface area contributed by atoms with E-state index in [-0.39, 0.29) is 23.6 Å². The summed E-state index contributed by atoms with van der Waals surface area (Å²) in [5, 5.41) is 21.6. The van der Waals surface area contributed by atoms with Crippen LogP contribution in [-0.4, -0.2) is 46.9 Å². The van der Waals surface area contributed by atoms with Crippen LogP contribution in [0.2, 0.25) is 0 Å². The van der Waals surface area contributed by atoms with Crippen molar-refractivity contribution in [3.8, 4) is 0 Å². The molecule has 0 radical (unpaired) electrons. The predicted molar refractivity (Wildman–Crippen MR) is 96.7 cm³/mol. The Hall–Kier alpha value is -3.46. The summed E-state index contributed by atoms with van der Waals surface area (Å²) in [7, 11) is 1.52. The lowest BCUT2D eigenvalue weighted by Gasteiger charge is -2.26. The van der Waals surface area contributed by atoms with Gasteiger partial charge in [0.2, 0.25) is 5.78 Å². The number of methoxy groups -OCH3 is 1. The van der Waals surface area contributed by atoms with Crippen molar-refractivity contribution in [1.82, 2.24) is 4.90 Å². The number of aliphatic hydroxyl groups excluding tert-OH is 1. The largest absolute Gasteiger partial charge is 0.503 e. The second-order valence-corrected chi connectivity index (χ2v) is 6.17. The van der Waals surface area contributed by atoms with Crippen molar-refractivity contribution in [1.29, 1.82) is 0 Å². The fraction of sp³-hybridized carbons (Fsp3) is 0.263. The molecule has 146 valence electrons. The number of furan rings is 1. The lowest BCUT2D eigenvalue weighted by molar-refractivity contribution is -0.384. The van der Waals surface area contributed by atoms with E-state index in [1.54, 1.807) is 6.07 Å². The minimum atomic E-state index is -0.971. The molecule has 1 aromatic heterocycles. The van der Waals surface area contributed by atoms with Gasteiger partial charge in [0.1, 0.15) is 0 Å². The molecule has 0 spiro atoms. The van der Waals surface area contributed by atoms with Gasteiger partial charge in [0.25, 0.3) is 11.6 Å². The highest BCUT2D eigenvalue weighted by molar-refractivity contribution is 6.15. The van der Waals surface area contributed by atoms with Crippen molar-refractivity contribution in [2.45, 2.75) is 12.5 Å². The standard InChI is InChI=1S/C19H18N2O7/c1-27-9-4-8-20-16(12-5-2-6-13(11-12)21(25)26)15(18(23)19(20)24)17(22)14-7-3-10-28-14/h2-3,5-7,10-11,16,23H,4,8-9H2,1H3/t16-/m0/s1. The zero-order valence-electron chi connectivity index (χ0n) is 15.0. The Kier molecular flexibility index (Phi) is 5.55. The number of nitro groups is 1. The lowest BCUT2D eigenvalue weighted by Crippen LogP contribution is -2.32. The number of hydrogen-bond donors (Lipinski definition) is 1. The Morgan fingerprint density at radius 2 is 2.14 bits per heavy atom. The minimum Gasteiger partial charge on any atom is -0.503 e. The number of carbonyl (C=O) groups excluding carboxylic acids is 2. The third kappa shape index (κ3) is 3.52. The summed E-state index contributed by atoms with van der Waals surface area (Å²) >= 11 is 0. The average molecular weight is 386 g/mol. The van der Waals surface area contributed by atoms with Crippen LogP contribution in [0.5, 0.6) is 0 Å². The third-order valence-electron chi connectivity index (χ3n) is 4.44. The molecule has 1 amide bonds. The zero-order valence-corrected chi connectivity index (χ0v) is 15.0. The van der Waals surface area contributed by atoms with Gasteiger partial charge in [0.15, 0.2) is 11.5 Å². The van der Waals surface area contributed by atoms with Crippen molar-refractivity contribution in [3.05, 3.63) is 75.4 Å². The fourth-order valence-corrected chi connectivity index (χ4v) is 3.19. The van der Waals surface area contributed by atoms with E-state index in [1.807, 2.05) is 0 Å². The SMILES string of the molecule is COCCCN1C(=O)C(O)=C(C(=O)c2ccco2)[C@@H]1c1cccc([N+](=O)[O-])c1. The number of amides is 1. The minimum absolute atomic E-state index is 0.0384. The molecule has 9 nitrogen and oxygen atoms in total. The maximum absolute atomic E-state index is 12.9. The molecule has 1 aromatic carbocycles. The number of Topliss-reactive ketones (excluding diaryl/α,β-unsaturated/α-hetero) is 1. The lowest BCUT2D eigenvalue weighted by atomic mass is 9.94. The number of carbonyl (C=O) groups is 2. The molecule has 0 unspecified atom stereocenters. The van der Waals surface area contributed by atoms with Crippen LogP contribution < -0.4 is 0 Å². The molecule has 1 aliphatic rings. The first-order valence-corrected chi connectivity index (χ1v) is 8.51. The van der Waals surface area contributed by atoms with Crippen LogP contribution in [0, 0.1) is 10.1 Å². The molecular weight excluding hydrogens is 368 g/mol. The molecule has 2 heterocycles. The maximum Gasteiger partial charge on any atom is 0.290 e. The molecule has 1 atom stereocenters. The van der Waals surface area contributed by atoms with E-state index < -0.39 is 28.4 Å². The summed E-state index contributed by atoms with van der Waals surface area (Å²) in [5.74, 6) is -2.09. The number of ketones is 1. The summed E-state index contributed by atoms with van der Waals surface area (Å²) in [6.07, 6.45) is 1.77. The van der Waals surface area contributed by atoms with Crippen molar-refractivity contribution < 1.29 is 28.8 Å². The Balaban J connectivity index is 2.07. The monoisotopic (exact) mass is 386 g/mol. The van der Waals surface area contributed by atoms with Gasteiger partial charge < -0.3 is 19.2 Å². The number of aliphatic hydroxyl groups is 1. The average Bonchev–Trinajstić information content (AvgIpc) is 3.30. The van der Waals surface area contributed by atoms with Crippen LogP contribution in [-0.2, 0) is 9.53 Å². The quantitative estimate of drug-likeness (QED) is 0.320. The van der Waals surface area contributed by atoms with Gasteiger partial charge in [-0.05, 0) is 24.1 Å². The Morgan fingerprint density at radius 1 is 1.36 bits per heavy atom. The Bertz CT molecular complexity index is 934. The fourth-order valence-electron chi connectivity index (χ4n) is 3.19. The van der Waals surface area contributed by atoms with Crippen molar-refractivity contribution in [3.63, 3.8) is 0 Å². The van der Waals surface area contributed by atoms with Crippen molar-refractivity contribution >= 4 is 17.4 Å². The van der Waals surface area contributed by atoms with Gasteiger partial charge in [-0.25, -0.2) is 0 Å². The van der Waals surface area contributed by atoms with Crippen LogP contribution in [0.4, 0.5) is 5.69 Å². The Morgan fingerprint density at radius 3 is 2.79 bits per heavy atom. The second-order valence-electron chi connectivity index (χ2n) is 6.17. The van der Waals surface area contributed by atoms with Gasteiger partial charge in [-0.15, -0.1) is 0 Å². The normalized spacial score (nSPS) is 16.7.